The van der Waals surface area contributed by atoms with Gasteiger partial charge in [0.25, 0.3) is 0 Å². The molecule has 3 heteroatoms. The van der Waals surface area contributed by atoms with Gasteiger partial charge in [-0.15, -0.1) is 0 Å². The van der Waals surface area contributed by atoms with Crippen LogP contribution in [-0.4, -0.2) is 6.54 Å². The van der Waals surface area contributed by atoms with Crippen molar-refractivity contribution < 1.29 is 0 Å². The van der Waals surface area contributed by atoms with Crippen molar-refractivity contribution >= 4 is 36.0 Å². The standard InChI is InChI=1S/C21H19ClNP/c22-18-13-14-21-17(16-18)8-7-15-23(21)24(19-9-3-1-4-10-19)20-11-5-2-6-12-20/h1-6,9-14,16H,7-8,15H2. The van der Waals surface area contributed by atoms with Crippen molar-refractivity contribution in [3.8, 4) is 0 Å². The molecule has 1 aliphatic heterocycles. The first kappa shape index (κ1) is 15.7. The molecule has 120 valence electrons. The van der Waals surface area contributed by atoms with Crippen LogP contribution in [0.3, 0.4) is 0 Å². The number of fused-ring (bicyclic) bond motifs is 1. The second kappa shape index (κ2) is 6.97. The van der Waals surface area contributed by atoms with E-state index in [1.807, 2.05) is 6.07 Å². The van der Waals surface area contributed by atoms with Gasteiger partial charge in [-0.1, -0.05) is 72.3 Å². The van der Waals surface area contributed by atoms with Crippen LogP contribution in [-0.2, 0) is 6.42 Å². The van der Waals surface area contributed by atoms with Crippen LogP contribution in [0, 0.1) is 0 Å². The fraction of sp³-hybridized carbons (Fsp3) is 0.143. The molecule has 0 aliphatic carbocycles. The zero-order valence-corrected chi connectivity index (χ0v) is 15.0. The highest BCUT2D eigenvalue weighted by molar-refractivity contribution is 7.74. The van der Waals surface area contributed by atoms with Gasteiger partial charge in [0.1, 0.15) is 0 Å². The Balaban J connectivity index is 1.84. The van der Waals surface area contributed by atoms with Gasteiger partial charge in [-0.25, -0.2) is 0 Å². The third-order valence-corrected chi connectivity index (χ3v) is 7.09. The smallest absolute Gasteiger partial charge is 0.0550 e. The first-order valence-electron chi connectivity index (χ1n) is 8.29. The van der Waals surface area contributed by atoms with Crippen molar-refractivity contribution in [2.45, 2.75) is 12.8 Å². The molecule has 1 nitrogen and oxygen atoms in total. The Kier molecular flexibility index (Phi) is 4.56. The lowest BCUT2D eigenvalue weighted by Gasteiger charge is -2.38. The first-order chi connectivity index (χ1) is 11.8. The fourth-order valence-corrected chi connectivity index (χ4v) is 6.03. The molecule has 0 aromatic heterocycles. The summed E-state index contributed by atoms with van der Waals surface area (Å²) in [5.74, 6) is 0. The van der Waals surface area contributed by atoms with Crippen LogP contribution < -0.4 is 15.3 Å². The number of rotatable bonds is 3. The van der Waals surface area contributed by atoms with E-state index in [-0.39, 0.29) is 0 Å². The molecule has 3 aromatic carbocycles. The Morgan fingerprint density at radius 2 is 1.42 bits per heavy atom. The second-order valence-corrected chi connectivity index (χ2v) is 8.56. The minimum atomic E-state index is -0.575. The topological polar surface area (TPSA) is 3.24 Å². The molecule has 0 spiro atoms. The highest BCUT2D eigenvalue weighted by atomic mass is 35.5. The number of hydrogen-bond acceptors (Lipinski definition) is 1. The molecule has 0 atom stereocenters. The second-order valence-electron chi connectivity index (χ2n) is 5.98. The summed E-state index contributed by atoms with van der Waals surface area (Å²) >= 11 is 6.22. The van der Waals surface area contributed by atoms with E-state index >= 15 is 0 Å². The maximum Gasteiger partial charge on any atom is 0.0550 e. The van der Waals surface area contributed by atoms with Gasteiger partial charge in [0, 0.05) is 27.9 Å². The number of hydrogen-bond donors (Lipinski definition) is 0. The Morgan fingerprint density at radius 3 is 2.04 bits per heavy atom. The van der Waals surface area contributed by atoms with E-state index < -0.39 is 8.07 Å². The number of aryl methyl sites for hydroxylation is 1. The Bertz CT molecular complexity index is 780. The summed E-state index contributed by atoms with van der Waals surface area (Å²) in [4.78, 5) is 0. The summed E-state index contributed by atoms with van der Waals surface area (Å²) in [6, 6.07) is 28.1. The van der Waals surface area contributed by atoms with Gasteiger partial charge in [0.15, 0.2) is 0 Å². The van der Waals surface area contributed by atoms with E-state index in [9.17, 15) is 0 Å². The lowest BCUT2D eigenvalue weighted by atomic mass is 10.0. The van der Waals surface area contributed by atoms with Crippen LogP contribution in [0.5, 0.6) is 0 Å². The van der Waals surface area contributed by atoms with E-state index in [4.69, 9.17) is 11.6 Å². The minimum absolute atomic E-state index is 0.575. The number of nitrogens with zero attached hydrogens (tertiary/aromatic N) is 1. The molecule has 4 rings (SSSR count). The average Bonchev–Trinajstić information content (AvgIpc) is 2.64. The molecule has 0 saturated heterocycles. The highest BCUT2D eigenvalue weighted by Crippen LogP contribution is 2.46. The number of benzene rings is 3. The molecule has 3 aromatic rings. The third kappa shape index (κ3) is 3.07. The van der Waals surface area contributed by atoms with Gasteiger partial charge in [-0.3, -0.25) is 0 Å². The van der Waals surface area contributed by atoms with Crippen molar-refractivity contribution in [3.63, 3.8) is 0 Å². The molecule has 0 unspecified atom stereocenters. The molecule has 0 saturated carbocycles. The molecule has 0 bridgehead atoms. The molecular formula is C21H19ClNP. The van der Waals surface area contributed by atoms with Crippen LogP contribution >= 0.6 is 19.7 Å². The van der Waals surface area contributed by atoms with Crippen LogP contribution in [0.25, 0.3) is 0 Å². The molecule has 24 heavy (non-hydrogen) atoms. The van der Waals surface area contributed by atoms with E-state index in [1.54, 1.807) is 0 Å². The molecule has 1 heterocycles. The van der Waals surface area contributed by atoms with E-state index in [0.29, 0.717) is 0 Å². The van der Waals surface area contributed by atoms with Crippen molar-refractivity contribution in [1.29, 1.82) is 0 Å². The van der Waals surface area contributed by atoms with Crippen LogP contribution in [0.1, 0.15) is 12.0 Å². The minimum Gasteiger partial charge on any atom is -0.343 e. The zero-order chi connectivity index (χ0) is 16.4. The fourth-order valence-electron chi connectivity index (χ4n) is 3.32. The van der Waals surface area contributed by atoms with Crippen molar-refractivity contribution in [3.05, 3.63) is 89.4 Å². The van der Waals surface area contributed by atoms with E-state index in [1.165, 1.54) is 28.3 Å². The normalized spacial score (nSPS) is 13.8. The molecule has 0 amide bonds. The van der Waals surface area contributed by atoms with Crippen molar-refractivity contribution in [1.82, 2.24) is 0 Å². The van der Waals surface area contributed by atoms with Gasteiger partial charge in [-0.2, -0.15) is 0 Å². The monoisotopic (exact) mass is 351 g/mol. The first-order valence-corrected chi connectivity index (χ1v) is 9.96. The Labute approximate surface area is 149 Å². The van der Waals surface area contributed by atoms with Crippen LogP contribution in [0.2, 0.25) is 5.02 Å². The maximum absolute atomic E-state index is 6.22. The molecular weight excluding hydrogens is 333 g/mol. The predicted molar refractivity (Wildman–Crippen MR) is 106 cm³/mol. The summed E-state index contributed by atoms with van der Waals surface area (Å²) in [5.41, 5.74) is 2.71. The zero-order valence-electron chi connectivity index (χ0n) is 13.4. The average molecular weight is 352 g/mol. The quantitative estimate of drug-likeness (QED) is 0.590. The van der Waals surface area contributed by atoms with Gasteiger partial charge in [0.05, 0.1) is 8.07 Å². The number of anilines is 1. The Morgan fingerprint density at radius 1 is 0.792 bits per heavy atom. The summed E-state index contributed by atoms with van der Waals surface area (Å²) in [5, 5.41) is 3.61. The van der Waals surface area contributed by atoms with Gasteiger partial charge in [0.2, 0.25) is 0 Å². The third-order valence-electron chi connectivity index (χ3n) is 4.38. The lowest BCUT2D eigenvalue weighted by molar-refractivity contribution is 0.793. The summed E-state index contributed by atoms with van der Waals surface area (Å²) in [6.07, 6.45) is 2.28. The summed E-state index contributed by atoms with van der Waals surface area (Å²) in [6.45, 7) is 1.09. The van der Waals surface area contributed by atoms with Gasteiger partial charge < -0.3 is 4.67 Å². The molecule has 0 radical (unpaired) electrons. The van der Waals surface area contributed by atoms with Crippen molar-refractivity contribution in [2.24, 2.45) is 0 Å². The predicted octanol–water partition coefficient (Wildman–Crippen LogP) is 5.14. The van der Waals surface area contributed by atoms with Crippen LogP contribution in [0.15, 0.2) is 78.9 Å². The molecule has 0 N–H and O–H groups in total. The summed E-state index contributed by atoms with van der Waals surface area (Å²) in [7, 11) is -0.575. The van der Waals surface area contributed by atoms with E-state index in [0.717, 1.165) is 18.0 Å². The van der Waals surface area contributed by atoms with Gasteiger partial charge >= 0.3 is 0 Å². The van der Waals surface area contributed by atoms with E-state index in [2.05, 4.69) is 77.5 Å². The lowest BCUT2D eigenvalue weighted by Crippen LogP contribution is -2.32. The van der Waals surface area contributed by atoms with Crippen molar-refractivity contribution in [2.75, 3.05) is 11.2 Å². The van der Waals surface area contributed by atoms with Crippen LogP contribution in [0.4, 0.5) is 5.69 Å². The SMILES string of the molecule is Clc1ccc2c(c1)CCCN2P(c1ccccc1)c1ccccc1. The van der Waals surface area contributed by atoms with Gasteiger partial charge in [-0.05, 0) is 36.6 Å². The molecule has 1 aliphatic rings. The maximum atomic E-state index is 6.22. The highest BCUT2D eigenvalue weighted by Gasteiger charge is 2.27. The summed E-state index contributed by atoms with van der Waals surface area (Å²) < 4.78 is 2.59. The Hall–Kier alpha value is -1.82. The number of halogens is 1. The molecule has 0 fully saturated rings. The largest absolute Gasteiger partial charge is 0.343 e.